The first kappa shape index (κ1) is 17.7. The Kier molecular flexibility index (Phi) is 7.40. The highest BCUT2D eigenvalue weighted by Gasteiger charge is 2.23. The van der Waals surface area contributed by atoms with Crippen molar-refractivity contribution in [3.8, 4) is 0 Å². The predicted molar refractivity (Wildman–Crippen MR) is 87.2 cm³/mol. The predicted octanol–water partition coefficient (Wildman–Crippen LogP) is 3.07. The minimum Gasteiger partial charge on any atom is -0.389 e. The SMILES string of the molecule is CCCC(O)(CCC)CNCc1ccc(NC(C)=O)cc1. The van der Waals surface area contributed by atoms with Gasteiger partial charge in [-0.1, -0.05) is 38.8 Å². The van der Waals surface area contributed by atoms with Crippen LogP contribution in [0, 0.1) is 0 Å². The third-order valence-electron chi connectivity index (χ3n) is 3.49. The van der Waals surface area contributed by atoms with Gasteiger partial charge in [-0.15, -0.1) is 0 Å². The van der Waals surface area contributed by atoms with E-state index >= 15 is 0 Å². The van der Waals surface area contributed by atoms with Gasteiger partial charge in [0.2, 0.25) is 5.91 Å². The average molecular weight is 292 g/mol. The molecule has 0 aliphatic heterocycles. The van der Waals surface area contributed by atoms with E-state index in [9.17, 15) is 9.90 Å². The molecule has 0 aliphatic carbocycles. The van der Waals surface area contributed by atoms with E-state index in [1.165, 1.54) is 6.92 Å². The van der Waals surface area contributed by atoms with E-state index in [-0.39, 0.29) is 5.91 Å². The van der Waals surface area contributed by atoms with Crippen LogP contribution in [0.3, 0.4) is 0 Å². The van der Waals surface area contributed by atoms with Crippen LogP contribution in [-0.2, 0) is 11.3 Å². The van der Waals surface area contributed by atoms with Crippen molar-refractivity contribution in [3.05, 3.63) is 29.8 Å². The molecule has 0 aromatic heterocycles. The molecule has 0 fully saturated rings. The molecule has 0 bridgehead atoms. The molecule has 0 aliphatic rings. The van der Waals surface area contributed by atoms with Crippen molar-refractivity contribution in [1.29, 1.82) is 0 Å². The minimum atomic E-state index is -0.598. The van der Waals surface area contributed by atoms with Crippen LogP contribution in [-0.4, -0.2) is 23.2 Å². The fourth-order valence-electron chi connectivity index (χ4n) is 2.58. The lowest BCUT2D eigenvalue weighted by atomic mass is 9.92. The average Bonchev–Trinajstić information content (AvgIpc) is 2.40. The van der Waals surface area contributed by atoms with E-state index in [1.807, 2.05) is 24.3 Å². The van der Waals surface area contributed by atoms with Crippen LogP contribution in [0.15, 0.2) is 24.3 Å². The molecular formula is C17H28N2O2. The van der Waals surface area contributed by atoms with Crippen molar-refractivity contribution in [2.24, 2.45) is 0 Å². The summed E-state index contributed by atoms with van der Waals surface area (Å²) in [5, 5.41) is 16.6. The molecule has 21 heavy (non-hydrogen) atoms. The van der Waals surface area contributed by atoms with Gasteiger partial charge in [0.25, 0.3) is 0 Å². The van der Waals surface area contributed by atoms with Gasteiger partial charge in [-0.05, 0) is 30.5 Å². The topological polar surface area (TPSA) is 61.4 Å². The van der Waals surface area contributed by atoms with E-state index in [4.69, 9.17) is 0 Å². The lowest BCUT2D eigenvalue weighted by molar-refractivity contribution is -0.114. The molecule has 3 N–H and O–H groups in total. The molecule has 4 heteroatoms. The molecule has 0 radical (unpaired) electrons. The summed E-state index contributed by atoms with van der Waals surface area (Å²) in [6.45, 7) is 7.03. The summed E-state index contributed by atoms with van der Waals surface area (Å²) in [5.74, 6) is -0.0647. The zero-order chi connectivity index (χ0) is 15.7. The Balaban J connectivity index is 2.45. The normalized spacial score (nSPS) is 11.4. The second-order valence-electron chi connectivity index (χ2n) is 5.71. The number of hydrogen-bond donors (Lipinski definition) is 3. The number of benzene rings is 1. The van der Waals surface area contributed by atoms with Gasteiger partial charge < -0.3 is 15.7 Å². The van der Waals surface area contributed by atoms with Gasteiger partial charge in [0, 0.05) is 25.7 Å². The van der Waals surface area contributed by atoms with E-state index in [1.54, 1.807) is 0 Å². The van der Waals surface area contributed by atoms with Gasteiger partial charge in [0.15, 0.2) is 0 Å². The molecule has 1 rings (SSSR count). The molecule has 0 saturated heterocycles. The molecule has 4 nitrogen and oxygen atoms in total. The lowest BCUT2D eigenvalue weighted by Crippen LogP contribution is -2.40. The second kappa shape index (κ2) is 8.80. The monoisotopic (exact) mass is 292 g/mol. The van der Waals surface area contributed by atoms with E-state index in [0.29, 0.717) is 6.54 Å². The summed E-state index contributed by atoms with van der Waals surface area (Å²) in [7, 11) is 0. The summed E-state index contributed by atoms with van der Waals surface area (Å²) >= 11 is 0. The van der Waals surface area contributed by atoms with Crippen LogP contribution in [0.5, 0.6) is 0 Å². The summed E-state index contributed by atoms with van der Waals surface area (Å²) in [6, 6.07) is 7.75. The van der Waals surface area contributed by atoms with E-state index < -0.39 is 5.60 Å². The highest BCUT2D eigenvalue weighted by molar-refractivity contribution is 5.88. The van der Waals surface area contributed by atoms with Gasteiger partial charge in [-0.3, -0.25) is 4.79 Å². The van der Waals surface area contributed by atoms with Gasteiger partial charge in [-0.25, -0.2) is 0 Å². The Morgan fingerprint density at radius 3 is 2.19 bits per heavy atom. The lowest BCUT2D eigenvalue weighted by Gasteiger charge is -2.28. The van der Waals surface area contributed by atoms with Crippen LogP contribution in [0.4, 0.5) is 5.69 Å². The first-order valence-electron chi connectivity index (χ1n) is 7.78. The molecule has 0 atom stereocenters. The highest BCUT2D eigenvalue weighted by Crippen LogP contribution is 2.18. The molecule has 1 amide bonds. The molecule has 118 valence electrons. The Hall–Kier alpha value is -1.39. The Morgan fingerprint density at radius 1 is 1.14 bits per heavy atom. The summed E-state index contributed by atoms with van der Waals surface area (Å²) in [4.78, 5) is 11.0. The van der Waals surface area contributed by atoms with Crippen LogP contribution < -0.4 is 10.6 Å². The van der Waals surface area contributed by atoms with Gasteiger partial charge in [0.1, 0.15) is 0 Å². The first-order chi connectivity index (χ1) is 9.99. The van der Waals surface area contributed by atoms with Crippen molar-refractivity contribution in [3.63, 3.8) is 0 Å². The molecule has 0 spiro atoms. The Morgan fingerprint density at radius 2 is 1.71 bits per heavy atom. The van der Waals surface area contributed by atoms with Crippen molar-refractivity contribution >= 4 is 11.6 Å². The number of carbonyl (C=O) groups is 1. The maximum Gasteiger partial charge on any atom is 0.221 e. The maximum absolute atomic E-state index is 11.0. The fourth-order valence-corrected chi connectivity index (χ4v) is 2.58. The number of aliphatic hydroxyl groups is 1. The largest absolute Gasteiger partial charge is 0.389 e. The zero-order valence-electron chi connectivity index (χ0n) is 13.4. The fraction of sp³-hybridized carbons (Fsp3) is 0.588. The second-order valence-corrected chi connectivity index (χ2v) is 5.71. The summed E-state index contributed by atoms with van der Waals surface area (Å²) in [6.07, 6.45) is 3.64. The van der Waals surface area contributed by atoms with Crippen molar-refractivity contribution < 1.29 is 9.90 Å². The third kappa shape index (κ3) is 6.74. The molecule has 0 unspecified atom stereocenters. The van der Waals surface area contributed by atoms with Crippen molar-refractivity contribution in [2.75, 3.05) is 11.9 Å². The van der Waals surface area contributed by atoms with E-state index in [0.717, 1.165) is 43.5 Å². The first-order valence-corrected chi connectivity index (χ1v) is 7.78. The number of carbonyl (C=O) groups excluding carboxylic acids is 1. The molecule has 1 aromatic carbocycles. The summed E-state index contributed by atoms with van der Waals surface area (Å²) < 4.78 is 0. The highest BCUT2D eigenvalue weighted by atomic mass is 16.3. The number of rotatable bonds is 9. The smallest absolute Gasteiger partial charge is 0.221 e. The van der Waals surface area contributed by atoms with E-state index in [2.05, 4.69) is 24.5 Å². The molecule has 0 saturated carbocycles. The van der Waals surface area contributed by atoms with Crippen molar-refractivity contribution in [1.82, 2.24) is 5.32 Å². The molecular weight excluding hydrogens is 264 g/mol. The molecule has 0 heterocycles. The quantitative estimate of drug-likeness (QED) is 0.655. The van der Waals surface area contributed by atoms with Crippen LogP contribution >= 0.6 is 0 Å². The number of hydrogen-bond acceptors (Lipinski definition) is 3. The van der Waals surface area contributed by atoms with Crippen molar-refractivity contribution in [2.45, 2.75) is 58.6 Å². The Labute approximate surface area is 128 Å². The number of anilines is 1. The van der Waals surface area contributed by atoms with Crippen LogP contribution in [0.1, 0.15) is 52.0 Å². The summed E-state index contributed by atoms with van der Waals surface area (Å²) in [5.41, 5.74) is 1.35. The standard InChI is InChI=1S/C17H28N2O2/c1-4-10-17(21,11-5-2)13-18-12-15-6-8-16(9-7-15)19-14(3)20/h6-9,18,21H,4-5,10-13H2,1-3H3,(H,19,20). The van der Waals surface area contributed by atoms with Crippen LogP contribution in [0.25, 0.3) is 0 Å². The van der Waals surface area contributed by atoms with Gasteiger partial charge >= 0.3 is 0 Å². The maximum atomic E-state index is 11.0. The van der Waals surface area contributed by atoms with Crippen LogP contribution in [0.2, 0.25) is 0 Å². The zero-order valence-corrected chi connectivity index (χ0v) is 13.4. The Bertz CT molecular complexity index is 423. The number of nitrogens with one attached hydrogen (secondary N) is 2. The minimum absolute atomic E-state index is 0.0647. The number of amides is 1. The molecule has 1 aromatic rings. The van der Waals surface area contributed by atoms with Gasteiger partial charge in [0.05, 0.1) is 5.60 Å². The third-order valence-corrected chi connectivity index (χ3v) is 3.49. The van der Waals surface area contributed by atoms with Gasteiger partial charge in [-0.2, -0.15) is 0 Å².